The number of anilines is 1. The maximum atomic E-state index is 13.1. The van der Waals surface area contributed by atoms with E-state index in [0.29, 0.717) is 17.4 Å². The van der Waals surface area contributed by atoms with Gasteiger partial charge in [-0.15, -0.1) is 0 Å². The standard InChI is InChI=1S/C19H22ClNO4/c1-11-6-7-21-14-9-13(20)5-4-12(14)10-19(15(21)8-11)16(22)24-18(2,3)25-17(19)23/h4-5,9,11,15H,6-8,10H2,1-3H3/t11-,15-/m0/s1. The third-order valence-corrected chi connectivity index (χ3v) is 5.90. The van der Waals surface area contributed by atoms with E-state index >= 15 is 0 Å². The molecule has 0 aliphatic carbocycles. The van der Waals surface area contributed by atoms with E-state index in [9.17, 15) is 9.59 Å². The van der Waals surface area contributed by atoms with E-state index in [1.54, 1.807) is 19.9 Å². The predicted octanol–water partition coefficient (Wildman–Crippen LogP) is 3.32. The Bertz CT molecular complexity index is 740. The van der Waals surface area contributed by atoms with Gasteiger partial charge in [0.1, 0.15) is 0 Å². The van der Waals surface area contributed by atoms with Crippen LogP contribution in [0, 0.1) is 11.3 Å². The number of hydrogen-bond acceptors (Lipinski definition) is 5. The number of ether oxygens (including phenoxy) is 2. The van der Waals surface area contributed by atoms with Gasteiger partial charge in [0.15, 0.2) is 5.41 Å². The molecule has 5 nitrogen and oxygen atoms in total. The summed E-state index contributed by atoms with van der Waals surface area (Å²) in [5.41, 5.74) is 0.648. The predicted molar refractivity (Wildman–Crippen MR) is 93.4 cm³/mol. The second kappa shape index (κ2) is 5.37. The molecule has 2 saturated heterocycles. The molecule has 0 amide bonds. The van der Waals surface area contributed by atoms with Crippen molar-refractivity contribution in [3.8, 4) is 0 Å². The van der Waals surface area contributed by atoms with Gasteiger partial charge >= 0.3 is 11.9 Å². The minimum absolute atomic E-state index is 0.265. The maximum absolute atomic E-state index is 13.1. The lowest BCUT2D eigenvalue weighted by Gasteiger charge is -2.54. The lowest BCUT2D eigenvalue weighted by Crippen LogP contribution is -2.67. The summed E-state index contributed by atoms with van der Waals surface area (Å²) in [5, 5.41) is 0.655. The molecule has 0 saturated carbocycles. The Morgan fingerprint density at radius 2 is 1.88 bits per heavy atom. The van der Waals surface area contributed by atoms with Crippen LogP contribution < -0.4 is 4.90 Å². The van der Waals surface area contributed by atoms with Crippen molar-refractivity contribution in [1.29, 1.82) is 0 Å². The minimum atomic E-state index is -1.30. The lowest BCUT2D eigenvalue weighted by atomic mass is 9.66. The number of carbonyl (C=O) groups excluding carboxylic acids is 2. The second-order valence-electron chi connectivity index (χ2n) is 7.94. The number of benzene rings is 1. The zero-order chi connectivity index (χ0) is 18.0. The van der Waals surface area contributed by atoms with E-state index in [4.69, 9.17) is 21.1 Å². The molecule has 1 spiro atoms. The average Bonchev–Trinajstić information content (AvgIpc) is 2.51. The Labute approximate surface area is 152 Å². The van der Waals surface area contributed by atoms with Gasteiger partial charge in [-0.3, -0.25) is 9.59 Å². The number of carbonyl (C=O) groups is 2. The van der Waals surface area contributed by atoms with Crippen LogP contribution in [0.1, 0.15) is 39.2 Å². The second-order valence-corrected chi connectivity index (χ2v) is 8.38. The van der Waals surface area contributed by atoms with E-state index in [2.05, 4.69) is 11.8 Å². The molecule has 6 heteroatoms. The molecule has 25 heavy (non-hydrogen) atoms. The van der Waals surface area contributed by atoms with Gasteiger partial charge in [-0.25, -0.2) is 0 Å². The number of halogens is 1. The molecule has 2 atom stereocenters. The molecular weight excluding hydrogens is 342 g/mol. The molecule has 1 aromatic carbocycles. The highest BCUT2D eigenvalue weighted by Crippen LogP contribution is 2.50. The van der Waals surface area contributed by atoms with Crippen molar-refractivity contribution in [2.24, 2.45) is 11.3 Å². The van der Waals surface area contributed by atoms with E-state index in [-0.39, 0.29) is 6.04 Å². The Hall–Kier alpha value is -1.75. The highest BCUT2D eigenvalue weighted by Gasteiger charge is 2.64. The van der Waals surface area contributed by atoms with Crippen molar-refractivity contribution in [3.63, 3.8) is 0 Å². The summed E-state index contributed by atoms with van der Waals surface area (Å²) in [7, 11) is 0. The molecule has 0 aromatic heterocycles. The van der Waals surface area contributed by atoms with Crippen molar-refractivity contribution in [2.75, 3.05) is 11.4 Å². The number of esters is 2. The topological polar surface area (TPSA) is 55.8 Å². The van der Waals surface area contributed by atoms with E-state index in [0.717, 1.165) is 30.6 Å². The first kappa shape index (κ1) is 16.7. The summed E-state index contributed by atoms with van der Waals surface area (Å²) in [4.78, 5) is 28.3. The first-order valence-corrected chi connectivity index (χ1v) is 9.13. The lowest BCUT2D eigenvalue weighted by molar-refractivity contribution is -0.253. The monoisotopic (exact) mass is 363 g/mol. The SMILES string of the molecule is C[C@H]1CCN2c3cc(Cl)ccc3CC3(C(=O)OC(C)(C)OC3=O)[C@@H]2C1. The Morgan fingerprint density at radius 1 is 1.20 bits per heavy atom. The summed E-state index contributed by atoms with van der Waals surface area (Å²) in [5.74, 6) is -1.74. The van der Waals surface area contributed by atoms with Crippen LogP contribution in [0.15, 0.2) is 18.2 Å². The third-order valence-electron chi connectivity index (χ3n) is 5.67. The van der Waals surface area contributed by atoms with Crippen LogP contribution in [0.25, 0.3) is 0 Å². The van der Waals surface area contributed by atoms with Gasteiger partial charge in [-0.1, -0.05) is 24.6 Å². The molecule has 3 heterocycles. The van der Waals surface area contributed by atoms with Crippen LogP contribution in [-0.4, -0.2) is 30.3 Å². The van der Waals surface area contributed by atoms with Crippen molar-refractivity contribution in [2.45, 2.75) is 51.9 Å². The average molecular weight is 364 g/mol. The van der Waals surface area contributed by atoms with Crippen LogP contribution in [0.5, 0.6) is 0 Å². The first-order valence-electron chi connectivity index (χ1n) is 8.75. The first-order chi connectivity index (χ1) is 11.7. The van der Waals surface area contributed by atoms with Crippen molar-refractivity contribution in [1.82, 2.24) is 0 Å². The Balaban J connectivity index is 1.86. The number of fused-ring (bicyclic) bond motifs is 4. The van der Waals surface area contributed by atoms with Gasteiger partial charge in [0, 0.05) is 37.5 Å². The van der Waals surface area contributed by atoms with Crippen LogP contribution in [0.3, 0.4) is 0 Å². The smallest absolute Gasteiger partial charge is 0.329 e. The summed E-state index contributed by atoms with van der Waals surface area (Å²) >= 11 is 6.20. The molecule has 0 N–H and O–H groups in total. The van der Waals surface area contributed by atoms with Gasteiger partial charge in [0.2, 0.25) is 0 Å². The number of nitrogens with zero attached hydrogens (tertiary/aromatic N) is 1. The Morgan fingerprint density at radius 3 is 2.56 bits per heavy atom. The minimum Gasteiger partial charge on any atom is -0.422 e. The Kier molecular flexibility index (Phi) is 3.59. The molecule has 0 bridgehead atoms. The normalized spacial score (nSPS) is 29.5. The summed E-state index contributed by atoms with van der Waals surface area (Å²) in [6, 6.07) is 5.35. The van der Waals surface area contributed by atoms with Gasteiger partial charge in [-0.2, -0.15) is 0 Å². The van der Waals surface area contributed by atoms with E-state index in [1.807, 2.05) is 12.1 Å². The highest BCUT2D eigenvalue weighted by molar-refractivity contribution is 6.30. The number of cyclic esters (lactones) is 2. The van der Waals surface area contributed by atoms with E-state index in [1.165, 1.54) is 0 Å². The fourth-order valence-electron chi connectivity index (χ4n) is 4.42. The zero-order valence-electron chi connectivity index (χ0n) is 14.7. The maximum Gasteiger partial charge on any atom is 0.329 e. The summed E-state index contributed by atoms with van der Waals surface area (Å²) < 4.78 is 11.1. The number of piperidine rings is 1. The fourth-order valence-corrected chi connectivity index (χ4v) is 4.58. The third kappa shape index (κ3) is 2.43. The van der Waals surface area contributed by atoms with Gasteiger partial charge in [0.25, 0.3) is 5.79 Å². The molecule has 3 aliphatic rings. The molecule has 1 aromatic rings. The molecule has 0 unspecified atom stereocenters. The molecule has 2 fully saturated rings. The van der Waals surface area contributed by atoms with Crippen molar-refractivity contribution < 1.29 is 19.1 Å². The van der Waals surface area contributed by atoms with Crippen LogP contribution in [0.4, 0.5) is 5.69 Å². The fraction of sp³-hybridized carbons (Fsp3) is 0.579. The van der Waals surface area contributed by atoms with Crippen molar-refractivity contribution >= 4 is 29.2 Å². The molecule has 134 valence electrons. The highest BCUT2D eigenvalue weighted by atomic mass is 35.5. The van der Waals surface area contributed by atoms with Crippen LogP contribution >= 0.6 is 11.6 Å². The summed E-state index contributed by atoms with van der Waals surface area (Å²) in [6.07, 6.45) is 2.05. The molecular formula is C19H22ClNO4. The van der Waals surface area contributed by atoms with Crippen LogP contribution in [0.2, 0.25) is 5.02 Å². The van der Waals surface area contributed by atoms with E-state index < -0.39 is 23.1 Å². The summed E-state index contributed by atoms with van der Waals surface area (Å²) in [6.45, 7) is 6.12. The quantitative estimate of drug-likeness (QED) is 0.522. The number of hydrogen-bond donors (Lipinski definition) is 0. The van der Waals surface area contributed by atoms with Crippen LogP contribution in [-0.2, 0) is 25.5 Å². The largest absolute Gasteiger partial charge is 0.422 e. The zero-order valence-corrected chi connectivity index (χ0v) is 15.4. The van der Waals surface area contributed by atoms with Gasteiger partial charge < -0.3 is 14.4 Å². The molecule has 0 radical (unpaired) electrons. The van der Waals surface area contributed by atoms with Gasteiger partial charge in [0.05, 0.1) is 6.04 Å². The number of rotatable bonds is 0. The molecule has 3 aliphatic heterocycles. The van der Waals surface area contributed by atoms with Crippen molar-refractivity contribution in [3.05, 3.63) is 28.8 Å². The molecule has 4 rings (SSSR count). The van der Waals surface area contributed by atoms with Gasteiger partial charge in [-0.05, 0) is 36.5 Å².